The molecule has 2 aromatic heterocycles. The quantitative estimate of drug-likeness (QED) is 0.735. The third-order valence-corrected chi connectivity index (χ3v) is 2.59. The van der Waals surface area contributed by atoms with E-state index in [0.717, 1.165) is 22.8 Å². The maximum atomic E-state index is 5.27. The summed E-state index contributed by atoms with van der Waals surface area (Å²) in [5, 5.41) is 3.29. The summed E-state index contributed by atoms with van der Waals surface area (Å²) in [4.78, 5) is 11.1. The van der Waals surface area contributed by atoms with E-state index in [-0.39, 0.29) is 0 Å². The summed E-state index contributed by atoms with van der Waals surface area (Å²) >= 11 is 0. The van der Waals surface area contributed by atoms with Gasteiger partial charge in [-0.2, -0.15) is 0 Å². The molecule has 0 saturated carbocycles. The molecule has 1 aromatic carbocycles. The molecule has 0 fully saturated rings. The number of rotatable bonds is 4. The van der Waals surface area contributed by atoms with E-state index in [1.807, 2.05) is 30.5 Å². The third kappa shape index (κ3) is 2.24. The van der Waals surface area contributed by atoms with Gasteiger partial charge in [0.1, 0.15) is 5.82 Å². The summed E-state index contributed by atoms with van der Waals surface area (Å²) < 4.78 is 5.27. The van der Waals surface area contributed by atoms with Crippen molar-refractivity contribution in [2.75, 3.05) is 5.32 Å². The van der Waals surface area contributed by atoms with Crippen LogP contribution in [0.2, 0.25) is 0 Å². The van der Waals surface area contributed by atoms with Gasteiger partial charge in [0.2, 0.25) is 0 Å². The van der Waals surface area contributed by atoms with Gasteiger partial charge in [-0.05, 0) is 12.1 Å². The molecular formula is C13H12N4O. The van der Waals surface area contributed by atoms with Gasteiger partial charge in [-0.1, -0.05) is 12.1 Å². The molecule has 2 heterocycles. The lowest BCUT2D eigenvalue weighted by Gasteiger charge is -2.05. The summed E-state index contributed by atoms with van der Waals surface area (Å²) in [6.45, 7) is 0.660. The average Bonchev–Trinajstić information content (AvgIpc) is 3.10. The number of hydrogen-bond acceptors (Lipinski definition) is 4. The zero-order valence-electron chi connectivity index (χ0n) is 9.63. The van der Waals surface area contributed by atoms with E-state index < -0.39 is 0 Å². The molecule has 3 rings (SSSR count). The fraction of sp³-hybridized carbons (Fsp3) is 0.0769. The largest absolute Gasteiger partial charge is 0.444 e. The van der Waals surface area contributed by atoms with E-state index in [4.69, 9.17) is 4.42 Å². The zero-order chi connectivity index (χ0) is 12.2. The molecule has 5 heteroatoms. The maximum Gasteiger partial charge on any atom is 0.181 e. The lowest BCUT2D eigenvalue weighted by molar-refractivity contribution is 0.572. The van der Waals surface area contributed by atoms with Crippen LogP contribution in [0, 0.1) is 0 Å². The van der Waals surface area contributed by atoms with E-state index in [9.17, 15) is 0 Å². The molecule has 3 aromatic rings. The van der Waals surface area contributed by atoms with Gasteiger partial charge in [-0.25, -0.2) is 9.97 Å². The minimum absolute atomic E-state index is 0.660. The highest BCUT2D eigenvalue weighted by Crippen LogP contribution is 2.22. The number of aromatic nitrogens is 3. The summed E-state index contributed by atoms with van der Waals surface area (Å²) in [5.41, 5.74) is 2.01. The van der Waals surface area contributed by atoms with E-state index >= 15 is 0 Å². The van der Waals surface area contributed by atoms with Gasteiger partial charge in [0.25, 0.3) is 0 Å². The fourth-order valence-corrected chi connectivity index (χ4v) is 1.72. The van der Waals surface area contributed by atoms with E-state index in [1.54, 1.807) is 12.4 Å². The smallest absolute Gasteiger partial charge is 0.181 e. The molecule has 90 valence electrons. The van der Waals surface area contributed by atoms with E-state index in [2.05, 4.69) is 20.3 Å². The molecule has 0 spiro atoms. The van der Waals surface area contributed by atoms with Crippen LogP contribution in [-0.2, 0) is 6.54 Å². The Balaban J connectivity index is 1.75. The predicted octanol–water partition coefficient (Wildman–Crippen LogP) is 2.68. The van der Waals surface area contributed by atoms with Crippen LogP contribution >= 0.6 is 0 Å². The normalized spacial score (nSPS) is 10.4. The molecule has 2 N–H and O–H groups in total. The number of imidazole rings is 1. The van der Waals surface area contributed by atoms with Gasteiger partial charge in [0.15, 0.2) is 12.2 Å². The van der Waals surface area contributed by atoms with Crippen molar-refractivity contribution in [1.82, 2.24) is 15.0 Å². The Morgan fingerprint density at radius 1 is 1.33 bits per heavy atom. The molecule has 0 aliphatic rings. The van der Waals surface area contributed by atoms with Crippen molar-refractivity contribution in [1.29, 1.82) is 0 Å². The minimum atomic E-state index is 0.660. The Labute approximate surface area is 104 Å². The van der Waals surface area contributed by atoms with E-state index in [1.165, 1.54) is 6.39 Å². The monoisotopic (exact) mass is 240 g/mol. The van der Waals surface area contributed by atoms with Crippen LogP contribution in [0.15, 0.2) is 53.7 Å². The number of oxazole rings is 1. The van der Waals surface area contributed by atoms with Gasteiger partial charge in [0.05, 0.1) is 12.7 Å². The molecule has 0 atom stereocenters. The summed E-state index contributed by atoms with van der Waals surface area (Å²) in [5.74, 6) is 1.66. The minimum Gasteiger partial charge on any atom is -0.444 e. The first kappa shape index (κ1) is 10.6. The first-order valence-corrected chi connectivity index (χ1v) is 5.63. The van der Waals surface area contributed by atoms with Crippen molar-refractivity contribution < 1.29 is 4.42 Å². The van der Waals surface area contributed by atoms with Crippen molar-refractivity contribution in [3.8, 4) is 11.3 Å². The van der Waals surface area contributed by atoms with Gasteiger partial charge < -0.3 is 14.7 Å². The highest BCUT2D eigenvalue weighted by molar-refractivity contribution is 5.63. The Morgan fingerprint density at radius 2 is 2.33 bits per heavy atom. The second kappa shape index (κ2) is 4.75. The Kier molecular flexibility index (Phi) is 2.79. The lowest BCUT2D eigenvalue weighted by atomic mass is 10.1. The van der Waals surface area contributed by atoms with Crippen molar-refractivity contribution in [3.63, 3.8) is 0 Å². The maximum absolute atomic E-state index is 5.27. The summed E-state index contributed by atoms with van der Waals surface area (Å²) in [6, 6.07) is 7.98. The fourth-order valence-electron chi connectivity index (χ4n) is 1.72. The highest BCUT2D eigenvalue weighted by atomic mass is 16.3. The average molecular weight is 240 g/mol. The van der Waals surface area contributed by atoms with Crippen LogP contribution in [0.25, 0.3) is 11.3 Å². The lowest BCUT2D eigenvalue weighted by Crippen LogP contribution is -2.00. The van der Waals surface area contributed by atoms with Gasteiger partial charge in [-0.15, -0.1) is 0 Å². The molecule has 0 aliphatic heterocycles. The first-order valence-electron chi connectivity index (χ1n) is 5.63. The first-order chi connectivity index (χ1) is 8.92. The Bertz CT molecular complexity index is 602. The number of nitrogens with zero attached hydrogens (tertiary/aromatic N) is 2. The standard InChI is InChI=1S/C13H12N4O/c1-2-10(12-7-14-9-18-12)6-11(3-1)17-8-13-15-4-5-16-13/h1-7,9,17H,8H2,(H,15,16). The topological polar surface area (TPSA) is 66.7 Å². The van der Waals surface area contributed by atoms with Crippen LogP contribution in [0.1, 0.15) is 5.82 Å². The van der Waals surface area contributed by atoms with Crippen LogP contribution < -0.4 is 5.32 Å². The van der Waals surface area contributed by atoms with Crippen LogP contribution in [-0.4, -0.2) is 15.0 Å². The van der Waals surface area contributed by atoms with Crippen LogP contribution in [0.5, 0.6) is 0 Å². The Morgan fingerprint density at radius 3 is 3.11 bits per heavy atom. The number of nitrogens with one attached hydrogen (secondary N) is 2. The van der Waals surface area contributed by atoms with Gasteiger partial charge >= 0.3 is 0 Å². The van der Waals surface area contributed by atoms with Crippen LogP contribution in [0.4, 0.5) is 5.69 Å². The van der Waals surface area contributed by atoms with Crippen molar-refractivity contribution >= 4 is 5.69 Å². The number of H-pyrrole nitrogens is 1. The van der Waals surface area contributed by atoms with Crippen LogP contribution in [0.3, 0.4) is 0 Å². The number of benzene rings is 1. The molecule has 0 amide bonds. The molecule has 5 nitrogen and oxygen atoms in total. The predicted molar refractivity (Wildman–Crippen MR) is 67.9 cm³/mol. The molecule has 0 aliphatic carbocycles. The molecule has 18 heavy (non-hydrogen) atoms. The van der Waals surface area contributed by atoms with Gasteiger partial charge in [0, 0.05) is 23.6 Å². The van der Waals surface area contributed by atoms with Crippen molar-refractivity contribution in [2.45, 2.75) is 6.54 Å². The molecule has 0 unspecified atom stereocenters. The summed E-state index contributed by atoms with van der Waals surface area (Å²) in [6.07, 6.45) is 6.67. The summed E-state index contributed by atoms with van der Waals surface area (Å²) in [7, 11) is 0. The number of aromatic amines is 1. The molecule has 0 radical (unpaired) electrons. The number of hydrogen-bond donors (Lipinski definition) is 2. The number of anilines is 1. The Hall–Kier alpha value is -2.56. The highest BCUT2D eigenvalue weighted by Gasteiger charge is 2.02. The molecular weight excluding hydrogens is 228 g/mol. The SMILES string of the molecule is c1cc(NCc2ncc[nH]2)cc(-c2cnco2)c1. The zero-order valence-corrected chi connectivity index (χ0v) is 9.63. The van der Waals surface area contributed by atoms with E-state index in [0.29, 0.717) is 6.54 Å². The third-order valence-electron chi connectivity index (χ3n) is 2.59. The molecule has 0 bridgehead atoms. The molecule has 0 saturated heterocycles. The van der Waals surface area contributed by atoms with Crippen molar-refractivity contribution in [3.05, 3.63) is 55.1 Å². The van der Waals surface area contributed by atoms with Gasteiger partial charge in [-0.3, -0.25) is 0 Å². The second-order valence-corrected chi connectivity index (χ2v) is 3.84. The second-order valence-electron chi connectivity index (χ2n) is 3.84. The van der Waals surface area contributed by atoms with Crippen molar-refractivity contribution in [2.24, 2.45) is 0 Å².